The summed E-state index contributed by atoms with van der Waals surface area (Å²) in [5.41, 5.74) is 2.52. The largest absolute Gasteiger partial charge is 0.345 e. The van der Waals surface area contributed by atoms with Crippen molar-refractivity contribution in [2.24, 2.45) is 4.99 Å². The number of likely N-dealkylation sites (tertiary alicyclic amines) is 1. The molecule has 0 unspecified atom stereocenters. The van der Waals surface area contributed by atoms with Gasteiger partial charge in [0.25, 0.3) is 0 Å². The standard InChI is InChI=1S/C19H23N3/c1-20-19(22-14-8-9-15-22)21-18(16-10-4-2-5-11-16)17-12-6-3-7-13-17/h2-7,10-13,18H,8-9,14-15H2,1H3,(H,20,21). The number of nitrogens with one attached hydrogen (secondary N) is 1. The Morgan fingerprint density at radius 2 is 1.41 bits per heavy atom. The first-order valence-electron chi connectivity index (χ1n) is 7.96. The monoisotopic (exact) mass is 293 g/mol. The van der Waals surface area contributed by atoms with E-state index in [-0.39, 0.29) is 6.04 Å². The number of aliphatic imine (C=N–C) groups is 1. The third-order valence-corrected chi connectivity index (χ3v) is 4.16. The Morgan fingerprint density at radius 3 is 1.86 bits per heavy atom. The van der Waals surface area contributed by atoms with E-state index in [1.54, 1.807) is 0 Å². The first kappa shape index (κ1) is 14.6. The predicted molar refractivity (Wildman–Crippen MR) is 92.0 cm³/mol. The number of nitrogens with zero attached hydrogens (tertiary/aromatic N) is 2. The molecule has 3 heteroatoms. The first-order valence-corrected chi connectivity index (χ1v) is 7.96. The lowest BCUT2D eigenvalue weighted by atomic mass is 9.99. The maximum Gasteiger partial charge on any atom is 0.194 e. The Hall–Kier alpha value is -2.29. The number of benzene rings is 2. The molecular weight excluding hydrogens is 270 g/mol. The summed E-state index contributed by atoms with van der Waals surface area (Å²) >= 11 is 0. The first-order chi connectivity index (χ1) is 10.9. The summed E-state index contributed by atoms with van der Waals surface area (Å²) in [6, 6.07) is 21.3. The van der Waals surface area contributed by atoms with Gasteiger partial charge in [-0.15, -0.1) is 0 Å². The molecule has 3 rings (SSSR count). The molecule has 0 radical (unpaired) electrons. The van der Waals surface area contributed by atoms with Crippen LogP contribution in [0.15, 0.2) is 65.7 Å². The van der Waals surface area contributed by atoms with Gasteiger partial charge in [0.1, 0.15) is 0 Å². The maximum atomic E-state index is 4.49. The van der Waals surface area contributed by atoms with E-state index in [9.17, 15) is 0 Å². The Balaban J connectivity index is 1.89. The lowest BCUT2D eigenvalue weighted by molar-refractivity contribution is 0.485. The van der Waals surface area contributed by atoms with Gasteiger partial charge >= 0.3 is 0 Å². The summed E-state index contributed by atoms with van der Waals surface area (Å²) in [5.74, 6) is 0.996. The van der Waals surface area contributed by atoms with Crippen molar-refractivity contribution in [1.29, 1.82) is 0 Å². The van der Waals surface area contributed by atoms with Crippen LogP contribution in [-0.2, 0) is 0 Å². The van der Waals surface area contributed by atoms with Crippen LogP contribution >= 0.6 is 0 Å². The molecule has 22 heavy (non-hydrogen) atoms. The number of guanidine groups is 1. The Morgan fingerprint density at radius 1 is 0.909 bits per heavy atom. The van der Waals surface area contributed by atoms with E-state index in [4.69, 9.17) is 0 Å². The van der Waals surface area contributed by atoms with Crippen molar-refractivity contribution in [2.75, 3.05) is 20.1 Å². The fourth-order valence-corrected chi connectivity index (χ4v) is 3.01. The molecule has 1 heterocycles. The summed E-state index contributed by atoms with van der Waals surface area (Å²) < 4.78 is 0. The van der Waals surface area contributed by atoms with E-state index in [0.717, 1.165) is 19.0 Å². The van der Waals surface area contributed by atoms with Crippen molar-refractivity contribution in [1.82, 2.24) is 10.2 Å². The van der Waals surface area contributed by atoms with Gasteiger partial charge in [0, 0.05) is 20.1 Å². The van der Waals surface area contributed by atoms with Gasteiger partial charge in [-0.25, -0.2) is 0 Å². The van der Waals surface area contributed by atoms with Crippen LogP contribution < -0.4 is 5.32 Å². The second-order valence-electron chi connectivity index (χ2n) is 5.64. The average molecular weight is 293 g/mol. The van der Waals surface area contributed by atoms with Crippen LogP contribution in [0.5, 0.6) is 0 Å². The lowest BCUT2D eigenvalue weighted by Gasteiger charge is -2.27. The highest BCUT2D eigenvalue weighted by molar-refractivity contribution is 5.81. The van der Waals surface area contributed by atoms with Crippen LogP contribution in [0, 0.1) is 0 Å². The molecule has 1 fully saturated rings. The normalized spacial score (nSPS) is 15.4. The molecule has 2 aromatic carbocycles. The molecule has 1 saturated heterocycles. The minimum atomic E-state index is 0.127. The molecular formula is C19H23N3. The van der Waals surface area contributed by atoms with Gasteiger partial charge in [-0.05, 0) is 24.0 Å². The van der Waals surface area contributed by atoms with Crippen LogP contribution in [0.1, 0.15) is 30.0 Å². The molecule has 0 spiro atoms. The fourth-order valence-electron chi connectivity index (χ4n) is 3.01. The predicted octanol–water partition coefficient (Wildman–Crippen LogP) is 3.45. The van der Waals surface area contributed by atoms with E-state index >= 15 is 0 Å². The summed E-state index contributed by atoms with van der Waals surface area (Å²) in [6.07, 6.45) is 2.50. The highest BCUT2D eigenvalue weighted by Crippen LogP contribution is 2.22. The van der Waals surface area contributed by atoms with Crippen LogP contribution in [0.4, 0.5) is 0 Å². The third kappa shape index (κ3) is 3.30. The van der Waals surface area contributed by atoms with Gasteiger partial charge in [-0.3, -0.25) is 4.99 Å². The number of hydrogen-bond donors (Lipinski definition) is 1. The van der Waals surface area contributed by atoms with Gasteiger partial charge in [0.2, 0.25) is 0 Å². The quantitative estimate of drug-likeness (QED) is 0.693. The van der Waals surface area contributed by atoms with Gasteiger partial charge in [0.05, 0.1) is 6.04 Å². The van der Waals surface area contributed by atoms with Crippen molar-refractivity contribution in [3.63, 3.8) is 0 Å². The molecule has 1 aliphatic rings. The summed E-state index contributed by atoms with van der Waals surface area (Å²) in [6.45, 7) is 2.19. The minimum Gasteiger partial charge on any atom is -0.345 e. The van der Waals surface area contributed by atoms with Crippen LogP contribution in [0.25, 0.3) is 0 Å². The SMILES string of the molecule is CN=C(NC(c1ccccc1)c1ccccc1)N1CCCC1. The molecule has 0 amide bonds. The van der Waals surface area contributed by atoms with Gasteiger partial charge in [-0.2, -0.15) is 0 Å². The van der Waals surface area contributed by atoms with Crippen LogP contribution in [0.3, 0.4) is 0 Å². The highest BCUT2D eigenvalue weighted by atomic mass is 15.3. The second-order valence-corrected chi connectivity index (χ2v) is 5.64. The maximum absolute atomic E-state index is 4.49. The zero-order valence-corrected chi connectivity index (χ0v) is 13.1. The zero-order chi connectivity index (χ0) is 15.2. The molecule has 0 atom stereocenters. The van der Waals surface area contributed by atoms with Gasteiger partial charge in [-0.1, -0.05) is 60.7 Å². The van der Waals surface area contributed by atoms with Crippen molar-refractivity contribution in [3.8, 4) is 0 Å². The van der Waals surface area contributed by atoms with Gasteiger partial charge in [0.15, 0.2) is 5.96 Å². The Bertz CT molecular complexity index is 562. The zero-order valence-electron chi connectivity index (χ0n) is 13.1. The molecule has 0 bridgehead atoms. The molecule has 0 aromatic heterocycles. The fraction of sp³-hybridized carbons (Fsp3) is 0.316. The molecule has 0 aliphatic carbocycles. The summed E-state index contributed by atoms with van der Waals surface area (Å²) in [7, 11) is 1.87. The van der Waals surface area contributed by atoms with Gasteiger partial charge < -0.3 is 10.2 Å². The highest BCUT2D eigenvalue weighted by Gasteiger charge is 2.20. The lowest BCUT2D eigenvalue weighted by Crippen LogP contribution is -2.41. The molecule has 0 saturated carbocycles. The number of rotatable bonds is 3. The summed E-state index contributed by atoms with van der Waals surface area (Å²) in [5, 5.41) is 3.65. The average Bonchev–Trinajstić information content (AvgIpc) is 3.12. The topological polar surface area (TPSA) is 27.6 Å². The molecule has 2 aromatic rings. The van der Waals surface area contributed by atoms with Crippen LogP contribution in [-0.4, -0.2) is 31.0 Å². The van der Waals surface area contributed by atoms with E-state index < -0.39 is 0 Å². The van der Waals surface area contributed by atoms with E-state index in [2.05, 4.69) is 75.9 Å². The van der Waals surface area contributed by atoms with Crippen LogP contribution in [0.2, 0.25) is 0 Å². The third-order valence-electron chi connectivity index (χ3n) is 4.16. The van der Waals surface area contributed by atoms with E-state index in [0.29, 0.717) is 0 Å². The number of hydrogen-bond acceptors (Lipinski definition) is 1. The van der Waals surface area contributed by atoms with Crippen molar-refractivity contribution < 1.29 is 0 Å². The smallest absolute Gasteiger partial charge is 0.194 e. The van der Waals surface area contributed by atoms with E-state index in [1.165, 1.54) is 24.0 Å². The second kappa shape index (κ2) is 7.12. The molecule has 114 valence electrons. The van der Waals surface area contributed by atoms with Crippen molar-refractivity contribution >= 4 is 5.96 Å². The Labute approximate surface area is 132 Å². The van der Waals surface area contributed by atoms with Crippen molar-refractivity contribution in [3.05, 3.63) is 71.8 Å². The minimum absolute atomic E-state index is 0.127. The molecule has 3 nitrogen and oxygen atoms in total. The molecule has 1 N–H and O–H groups in total. The van der Waals surface area contributed by atoms with E-state index in [1.807, 2.05) is 7.05 Å². The van der Waals surface area contributed by atoms with Crippen molar-refractivity contribution in [2.45, 2.75) is 18.9 Å². The summed E-state index contributed by atoms with van der Waals surface area (Å²) in [4.78, 5) is 6.84. The Kier molecular flexibility index (Phi) is 4.74. The molecule has 1 aliphatic heterocycles.